The first-order chi connectivity index (χ1) is 9.08. The molecule has 0 unspecified atom stereocenters. The van der Waals surface area contributed by atoms with E-state index in [0.29, 0.717) is 0 Å². The predicted octanol–water partition coefficient (Wildman–Crippen LogP) is -5.01. The Morgan fingerprint density at radius 2 is 0.357 bits per heavy atom. The lowest BCUT2D eigenvalue weighted by Gasteiger charge is -1.67. The van der Waals surface area contributed by atoms with E-state index in [-0.39, 0.29) is 108 Å². The van der Waals surface area contributed by atoms with Crippen molar-refractivity contribution in [1.29, 1.82) is 21.0 Å². The van der Waals surface area contributed by atoms with Crippen molar-refractivity contribution in [3.63, 3.8) is 0 Å². The van der Waals surface area contributed by atoms with Crippen LogP contribution in [0.25, 0.3) is 0 Å². The molecular weight excluding hydrogens is 532 g/mol. The number of rotatable bonds is 0. The van der Waals surface area contributed by atoms with Gasteiger partial charge in [-0.2, -0.15) is 108 Å². The van der Waals surface area contributed by atoms with Gasteiger partial charge in [0.25, 0.3) is 0 Å². The number of hydrogen-bond donors (Lipinski definition) is 8. The molecule has 0 saturated heterocycles. The average molecular weight is 556 g/mol. The highest BCUT2D eigenvalue weighted by Gasteiger charge is 1.99. The summed E-state index contributed by atoms with van der Waals surface area (Å²) < 4.78 is 0. The molecule has 0 aliphatic carbocycles. The van der Waals surface area contributed by atoms with E-state index in [4.69, 9.17) is 61.2 Å². The standard InChI is InChI=1S/4CH2BNO2.8H2S/c4*3-1-2(4)5;;;;;;;;/h4*4-5H;8*1H2. The minimum atomic E-state index is -1.81. The maximum atomic E-state index is 7.56. The van der Waals surface area contributed by atoms with Crippen molar-refractivity contribution in [3.8, 4) is 23.9 Å². The first-order valence-corrected chi connectivity index (χ1v) is 4.11. The lowest BCUT2D eigenvalue weighted by molar-refractivity contribution is 0.425. The summed E-state index contributed by atoms with van der Waals surface area (Å²) in [5.41, 5.74) is 0. The van der Waals surface area contributed by atoms with E-state index in [9.17, 15) is 0 Å². The SMILES string of the molecule is N#CB(O)O.N#CB(O)O.N#CB(O)O.N#CB(O)O.S.S.S.S.S.S.S.S. The van der Waals surface area contributed by atoms with Gasteiger partial charge >= 0.3 is 28.5 Å². The summed E-state index contributed by atoms with van der Waals surface area (Å²) in [5, 5.41) is 90.0. The van der Waals surface area contributed by atoms with Gasteiger partial charge < -0.3 is 40.2 Å². The van der Waals surface area contributed by atoms with Crippen molar-refractivity contribution in [2.24, 2.45) is 0 Å². The molecule has 0 bridgehead atoms. The van der Waals surface area contributed by atoms with E-state index in [2.05, 4.69) is 0 Å². The second-order valence-electron chi connectivity index (χ2n) is 2.01. The number of nitrogens with zero attached hydrogens (tertiary/aromatic N) is 4. The number of hydrogen-bond acceptors (Lipinski definition) is 12. The fourth-order valence-electron chi connectivity index (χ4n) is 0. The third-order valence-electron chi connectivity index (χ3n) is 0.462. The van der Waals surface area contributed by atoms with E-state index in [1.807, 2.05) is 0 Å². The summed E-state index contributed by atoms with van der Waals surface area (Å²) in [6.45, 7) is 0. The largest absolute Gasteiger partial charge is 0.573 e. The van der Waals surface area contributed by atoms with Crippen LogP contribution in [0.5, 0.6) is 0 Å². The van der Waals surface area contributed by atoms with Crippen LogP contribution in [0.15, 0.2) is 0 Å². The second-order valence-corrected chi connectivity index (χ2v) is 2.01. The van der Waals surface area contributed by atoms with Crippen molar-refractivity contribution >= 4 is 136 Å². The fourth-order valence-corrected chi connectivity index (χ4v) is 0. The fraction of sp³-hybridized carbons (Fsp3) is 0. The van der Waals surface area contributed by atoms with Gasteiger partial charge in [-0.25, -0.2) is 21.0 Å². The first-order valence-electron chi connectivity index (χ1n) is 4.11. The van der Waals surface area contributed by atoms with Crippen molar-refractivity contribution in [3.05, 3.63) is 0 Å². The van der Waals surface area contributed by atoms with Gasteiger partial charge in [0.2, 0.25) is 0 Å². The molecule has 0 rings (SSSR count). The van der Waals surface area contributed by atoms with Crippen LogP contribution in [0, 0.1) is 44.9 Å². The van der Waals surface area contributed by atoms with E-state index in [1.54, 1.807) is 0 Å². The minimum Gasteiger partial charge on any atom is -0.415 e. The molecule has 0 aromatic rings. The van der Waals surface area contributed by atoms with Gasteiger partial charge in [-0.1, -0.05) is 0 Å². The highest BCUT2D eigenvalue weighted by molar-refractivity contribution is 7.60. The molecule has 0 aromatic heterocycles. The lowest BCUT2D eigenvalue weighted by Crippen LogP contribution is -2.05. The lowest BCUT2D eigenvalue weighted by atomic mass is 9.97. The molecule has 0 spiro atoms. The zero-order chi connectivity index (χ0) is 17.1. The van der Waals surface area contributed by atoms with E-state index in [0.717, 1.165) is 23.9 Å². The summed E-state index contributed by atoms with van der Waals surface area (Å²) in [5.74, 6) is 4.56. The minimum absolute atomic E-state index is 0. The summed E-state index contributed by atoms with van der Waals surface area (Å²) in [7, 11) is -7.24. The van der Waals surface area contributed by atoms with Crippen molar-refractivity contribution in [1.82, 2.24) is 0 Å². The molecule has 0 radical (unpaired) electrons. The first kappa shape index (κ1) is 79.0. The molecule has 0 atom stereocenters. The van der Waals surface area contributed by atoms with Crippen LogP contribution in [0.3, 0.4) is 0 Å². The highest BCUT2D eigenvalue weighted by atomic mass is 32.1. The van der Waals surface area contributed by atoms with Crippen LogP contribution >= 0.6 is 108 Å². The second kappa shape index (κ2) is 70.8. The average Bonchev–Trinajstić information content (AvgIpc) is 2.40. The van der Waals surface area contributed by atoms with Crippen LogP contribution in [-0.4, -0.2) is 68.7 Å². The quantitative estimate of drug-likeness (QED) is 0.131. The molecule has 0 saturated carbocycles. The van der Waals surface area contributed by atoms with Gasteiger partial charge in [-0.3, -0.25) is 0 Å². The Labute approximate surface area is 220 Å². The van der Waals surface area contributed by atoms with Gasteiger partial charge in [0, 0.05) is 0 Å². The maximum absolute atomic E-state index is 7.56. The van der Waals surface area contributed by atoms with E-state index in [1.165, 1.54) is 0 Å². The van der Waals surface area contributed by atoms with Crippen LogP contribution in [0.2, 0.25) is 0 Å². The van der Waals surface area contributed by atoms with Crippen LogP contribution in [0.1, 0.15) is 0 Å². The molecule has 0 aromatic carbocycles. The molecule has 8 N–H and O–H groups in total. The Morgan fingerprint density at radius 3 is 0.357 bits per heavy atom. The third kappa shape index (κ3) is 233. The van der Waals surface area contributed by atoms with Gasteiger partial charge in [0.1, 0.15) is 0 Å². The van der Waals surface area contributed by atoms with Gasteiger partial charge in [0.05, 0.1) is 23.9 Å². The summed E-state index contributed by atoms with van der Waals surface area (Å²) in [4.78, 5) is 0. The molecule has 28 heavy (non-hydrogen) atoms. The maximum Gasteiger partial charge on any atom is 0.573 e. The summed E-state index contributed by atoms with van der Waals surface area (Å²) in [6.07, 6.45) is 0. The van der Waals surface area contributed by atoms with Crippen molar-refractivity contribution in [2.75, 3.05) is 0 Å². The van der Waals surface area contributed by atoms with E-state index >= 15 is 0 Å². The Bertz CT molecular complexity index is 317. The molecule has 0 aliphatic rings. The molecule has 24 heteroatoms. The van der Waals surface area contributed by atoms with Gasteiger partial charge in [-0.15, -0.1) is 0 Å². The number of nitriles is 4. The zero-order valence-corrected chi connectivity index (χ0v) is 21.7. The molecular formula is C4H24B4N4O8S8. The van der Waals surface area contributed by atoms with Crippen molar-refractivity contribution < 1.29 is 40.2 Å². The Kier molecular flexibility index (Phi) is 200. The van der Waals surface area contributed by atoms with Crippen molar-refractivity contribution in [2.45, 2.75) is 0 Å². The van der Waals surface area contributed by atoms with Gasteiger partial charge in [0.15, 0.2) is 0 Å². The van der Waals surface area contributed by atoms with Gasteiger partial charge in [-0.05, 0) is 0 Å². The Hall–Kier alpha value is 0.700. The van der Waals surface area contributed by atoms with Crippen LogP contribution in [0.4, 0.5) is 0 Å². The van der Waals surface area contributed by atoms with E-state index < -0.39 is 28.5 Å². The molecule has 0 aliphatic heterocycles. The monoisotopic (exact) mass is 556 g/mol. The third-order valence-corrected chi connectivity index (χ3v) is 0.462. The topological polar surface area (TPSA) is 257 Å². The Balaban J connectivity index is -0.0000000111. The molecule has 12 nitrogen and oxygen atoms in total. The molecule has 0 heterocycles. The molecule has 168 valence electrons. The zero-order valence-electron chi connectivity index (χ0n) is 13.7. The normalized spacial score (nSPS) is 4.14. The smallest absolute Gasteiger partial charge is 0.415 e. The predicted molar refractivity (Wildman–Crippen MR) is 146 cm³/mol. The van der Waals surface area contributed by atoms with Crippen LogP contribution in [-0.2, 0) is 0 Å². The molecule has 0 fully saturated rings. The summed E-state index contributed by atoms with van der Waals surface area (Å²) >= 11 is 0. The Morgan fingerprint density at radius 1 is 0.321 bits per heavy atom. The summed E-state index contributed by atoms with van der Waals surface area (Å²) in [6, 6.07) is 0. The highest BCUT2D eigenvalue weighted by Crippen LogP contribution is 1.52. The van der Waals surface area contributed by atoms with Crippen LogP contribution < -0.4 is 0 Å². The molecule has 0 amide bonds.